The zero-order valence-corrected chi connectivity index (χ0v) is 23.3. The van der Waals surface area contributed by atoms with Crippen molar-refractivity contribution in [3.05, 3.63) is 42.0 Å². The summed E-state index contributed by atoms with van der Waals surface area (Å²) in [7, 11) is 0. The third-order valence-electron chi connectivity index (χ3n) is 8.17. The van der Waals surface area contributed by atoms with Crippen molar-refractivity contribution in [2.24, 2.45) is 11.8 Å². The van der Waals surface area contributed by atoms with Gasteiger partial charge < -0.3 is 14.9 Å². The van der Waals surface area contributed by atoms with Crippen molar-refractivity contribution in [2.75, 3.05) is 31.1 Å². The van der Waals surface area contributed by atoms with Crippen LogP contribution in [0.2, 0.25) is 0 Å². The summed E-state index contributed by atoms with van der Waals surface area (Å²) in [6, 6.07) is 5.36. The molecule has 0 radical (unpaired) electrons. The van der Waals surface area contributed by atoms with Crippen molar-refractivity contribution in [3.8, 4) is 0 Å². The number of ketones is 1. The second kappa shape index (κ2) is 15.4. The van der Waals surface area contributed by atoms with Gasteiger partial charge in [-0.3, -0.25) is 9.59 Å². The minimum Gasteiger partial charge on any atom is -0.389 e. The lowest BCUT2D eigenvalue weighted by Crippen LogP contribution is -2.48. The lowest BCUT2D eigenvalue weighted by atomic mass is 9.89. The second-order valence-electron chi connectivity index (χ2n) is 11.1. The van der Waals surface area contributed by atoms with Crippen molar-refractivity contribution in [1.29, 1.82) is 0 Å². The molecule has 1 aromatic carbocycles. The van der Waals surface area contributed by atoms with Crippen LogP contribution in [0.15, 0.2) is 36.4 Å². The molecule has 0 spiro atoms. The summed E-state index contributed by atoms with van der Waals surface area (Å²) in [4.78, 5) is 28.8. The van der Waals surface area contributed by atoms with E-state index in [0.29, 0.717) is 50.5 Å². The Labute approximate surface area is 231 Å². The number of amides is 1. The predicted molar refractivity (Wildman–Crippen MR) is 148 cm³/mol. The van der Waals surface area contributed by atoms with Gasteiger partial charge in [-0.1, -0.05) is 63.7 Å². The van der Waals surface area contributed by atoms with Gasteiger partial charge in [-0.2, -0.15) is 13.2 Å². The molecule has 2 fully saturated rings. The number of halogens is 3. The maximum Gasteiger partial charge on any atom is 0.416 e. The monoisotopic (exact) mass is 550 g/mol. The number of aliphatic hydroxyl groups excluding tert-OH is 1. The first kappa shape index (κ1) is 31.2. The zero-order valence-electron chi connectivity index (χ0n) is 23.3. The van der Waals surface area contributed by atoms with Gasteiger partial charge in [0, 0.05) is 50.6 Å². The molecule has 1 saturated heterocycles. The number of unbranched alkanes of at least 4 members (excludes halogenated alkanes) is 5. The fraction of sp³-hybridized carbons (Fsp3) is 0.677. The summed E-state index contributed by atoms with van der Waals surface area (Å²) in [5.74, 6) is 0.727. The molecule has 1 N–H and O–H groups in total. The van der Waals surface area contributed by atoms with Gasteiger partial charge in [-0.05, 0) is 49.8 Å². The van der Waals surface area contributed by atoms with Crippen molar-refractivity contribution >= 4 is 17.4 Å². The SMILES string of the molecule is CCCCC[C@@H](O)/C=C/[C@H]1CCC(=O)[C@@H]1CCCCCCC(=O)N1CCN(c2cccc(C(F)(F)F)c2)CC1. The molecule has 218 valence electrons. The fourth-order valence-electron chi connectivity index (χ4n) is 5.76. The van der Waals surface area contributed by atoms with Gasteiger partial charge in [0.05, 0.1) is 11.7 Å². The van der Waals surface area contributed by atoms with Gasteiger partial charge in [0.2, 0.25) is 5.91 Å². The highest BCUT2D eigenvalue weighted by atomic mass is 19.4. The average Bonchev–Trinajstić information content (AvgIpc) is 3.28. The van der Waals surface area contributed by atoms with Gasteiger partial charge in [-0.25, -0.2) is 0 Å². The summed E-state index contributed by atoms with van der Waals surface area (Å²) < 4.78 is 39.0. The van der Waals surface area contributed by atoms with Crippen LogP contribution >= 0.6 is 0 Å². The van der Waals surface area contributed by atoms with Crippen molar-refractivity contribution in [3.63, 3.8) is 0 Å². The summed E-state index contributed by atoms with van der Waals surface area (Å²) >= 11 is 0. The first-order valence-corrected chi connectivity index (χ1v) is 14.8. The van der Waals surface area contributed by atoms with E-state index in [4.69, 9.17) is 0 Å². The first-order valence-electron chi connectivity index (χ1n) is 14.8. The second-order valence-corrected chi connectivity index (χ2v) is 11.1. The molecule has 0 bridgehead atoms. The van der Waals surface area contributed by atoms with Crippen LogP contribution < -0.4 is 4.90 Å². The number of nitrogens with zero attached hydrogens (tertiary/aromatic N) is 2. The average molecular weight is 551 g/mol. The molecule has 5 nitrogen and oxygen atoms in total. The minimum absolute atomic E-state index is 0.0545. The van der Waals surface area contributed by atoms with E-state index in [1.807, 2.05) is 15.9 Å². The number of hydrogen-bond acceptors (Lipinski definition) is 4. The van der Waals surface area contributed by atoms with Crippen LogP contribution in [0.4, 0.5) is 18.9 Å². The van der Waals surface area contributed by atoms with Crippen LogP contribution in [0.3, 0.4) is 0 Å². The number of Topliss-reactive ketones (excluding diaryl/α,β-unsaturated/α-hetero) is 1. The number of hydrogen-bond donors (Lipinski definition) is 1. The largest absolute Gasteiger partial charge is 0.416 e. The number of anilines is 1. The van der Waals surface area contributed by atoms with Crippen LogP contribution in [0.25, 0.3) is 0 Å². The predicted octanol–water partition coefficient (Wildman–Crippen LogP) is 6.79. The Morgan fingerprint density at radius 2 is 1.82 bits per heavy atom. The highest BCUT2D eigenvalue weighted by Crippen LogP contribution is 2.34. The summed E-state index contributed by atoms with van der Waals surface area (Å²) in [6.45, 7) is 4.22. The maximum absolute atomic E-state index is 13.0. The molecule has 1 aromatic rings. The fourth-order valence-corrected chi connectivity index (χ4v) is 5.76. The number of aliphatic hydroxyl groups is 1. The molecule has 0 unspecified atom stereocenters. The number of allylic oxidation sites excluding steroid dienone is 1. The third kappa shape index (κ3) is 9.96. The van der Waals surface area contributed by atoms with Crippen LogP contribution in [0, 0.1) is 11.8 Å². The molecular weight excluding hydrogens is 505 g/mol. The zero-order chi connectivity index (χ0) is 28.3. The van der Waals surface area contributed by atoms with Gasteiger partial charge in [0.1, 0.15) is 5.78 Å². The third-order valence-corrected chi connectivity index (χ3v) is 8.17. The topological polar surface area (TPSA) is 60.9 Å². The van der Waals surface area contributed by atoms with Crippen molar-refractivity contribution in [1.82, 2.24) is 4.90 Å². The van der Waals surface area contributed by atoms with Crippen LogP contribution in [-0.4, -0.2) is 54.0 Å². The molecule has 39 heavy (non-hydrogen) atoms. The Bertz CT molecular complexity index is 941. The Morgan fingerprint density at radius 1 is 1.08 bits per heavy atom. The van der Waals surface area contributed by atoms with E-state index in [2.05, 4.69) is 13.0 Å². The van der Waals surface area contributed by atoms with Gasteiger partial charge in [-0.15, -0.1) is 0 Å². The van der Waals surface area contributed by atoms with E-state index < -0.39 is 17.8 Å². The Morgan fingerprint density at radius 3 is 2.54 bits per heavy atom. The molecule has 1 aliphatic heterocycles. The van der Waals surface area contributed by atoms with Gasteiger partial charge in [0.25, 0.3) is 0 Å². The van der Waals surface area contributed by atoms with E-state index in [0.717, 1.165) is 70.3 Å². The molecule has 1 saturated carbocycles. The molecule has 1 amide bonds. The molecule has 0 aromatic heterocycles. The number of carbonyl (C=O) groups is 2. The van der Waals surface area contributed by atoms with Gasteiger partial charge in [0.15, 0.2) is 0 Å². The number of carbonyl (C=O) groups excluding carboxylic acids is 2. The van der Waals surface area contributed by atoms with E-state index in [1.54, 1.807) is 6.07 Å². The quantitative estimate of drug-likeness (QED) is 0.205. The number of rotatable bonds is 14. The summed E-state index contributed by atoms with van der Waals surface area (Å²) in [5, 5.41) is 10.2. The van der Waals surface area contributed by atoms with E-state index >= 15 is 0 Å². The number of alkyl halides is 3. The molecule has 1 heterocycles. The van der Waals surface area contributed by atoms with E-state index in [9.17, 15) is 27.9 Å². The molecule has 3 atom stereocenters. The standard InChI is InChI=1S/C31H45F3N2O3/c1-2-3-6-12-27(37)17-15-24-16-18-29(38)28(24)13-7-4-5-8-14-30(39)36-21-19-35(20-22-36)26-11-9-10-25(23-26)31(32,33)34/h9-11,15,17,23-24,27-28,37H,2-8,12-14,16,18-22H2,1H3/b17-15+/t24-,27+,28+/m0/s1. The van der Waals surface area contributed by atoms with Crippen molar-refractivity contribution in [2.45, 2.75) is 96.3 Å². The Kier molecular flexibility index (Phi) is 12.3. The molecule has 2 aliphatic rings. The normalized spacial score (nSPS) is 21.2. The summed E-state index contributed by atoms with van der Waals surface area (Å²) in [6.07, 6.45) is 9.75. The Balaban J connectivity index is 1.31. The highest BCUT2D eigenvalue weighted by molar-refractivity contribution is 5.83. The lowest BCUT2D eigenvalue weighted by Gasteiger charge is -2.36. The summed E-state index contributed by atoms with van der Waals surface area (Å²) in [5.41, 5.74) is -0.113. The van der Waals surface area contributed by atoms with Gasteiger partial charge >= 0.3 is 6.18 Å². The molecule has 8 heteroatoms. The first-order chi connectivity index (χ1) is 18.7. The van der Waals surface area contributed by atoms with E-state index in [-0.39, 0.29) is 17.7 Å². The van der Waals surface area contributed by atoms with E-state index in [1.165, 1.54) is 12.1 Å². The number of benzene rings is 1. The smallest absolute Gasteiger partial charge is 0.389 e. The van der Waals surface area contributed by atoms with Crippen LogP contribution in [-0.2, 0) is 15.8 Å². The minimum atomic E-state index is -4.36. The molecule has 1 aliphatic carbocycles. The molecule has 3 rings (SSSR count). The maximum atomic E-state index is 13.0. The highest BCUT2D eigenvalue weighted by Gasteiger charge is 2.33. The van der Waals surface area contributed by atoms with Crippen molar-refractivity contribution < 1.29 is 27.9 Å². The Hall–Kier alpha value is -2.35. The lowest BCUT2D eigenvalue weighted by molar-refractivity contribution is -0.137. The van der Waals surface area contributed by atoms with Crippen LogP contribution in [0.5, 0.6) is 0 Å². The number of piperazine rings is 1. The van der Waals surface area contributed by atoms with Crippen LogP contribution in [0.1, 0.15) is 89.5 Å². The molecular formula is C31H45F3N2O3.